The van der Waals surface area contributed by atoms with Gasteiger partial charge in [0.05, 0.1) is 26.7 Å². The Balaban J connectivity index is 1.80. The number of carbonyl (C=O) groups is 3. The molecular weight excluding hydrogens is 470 g/mol. The molecule has 3 aromatic rings. The minimum atomic E-state index is -1.19. The summed E-state index contributed by atoms with van der Waals surface area (Å²) in [4.78, 5) is 39.5. The van der Waals surface area contributed by atoms with Crippen LogP contribution in [0.4, 0.5) is 14.5 Å². The van der Waals surface area contributed by atoms with E-state index in [1.54, 1.807) is 30.3 Å². The van der Waals surface area contributed by atoms with Gasteiger partial charge in [0.1, 0.15) is 24.2 Å². The number of rotatable bonds is 11. The van der Waals surface area contributed by atoms with Crippen LogP contribution in [-0.4, -0.2) is 44.1 Å². The number of carbonyl (C=O) groups excluding carboxylic acids is 3. The molecule has 0 aliphatic carbocycles. The second-order valence-corrected chi connectivity index (χ2v) is 7.91. The first kappa shape index (κ1) is 26.5. The summed E-state index contributed by atoms with van der Waals surface area (Å²) in [6.45, 7) is -0.418. The van der Waals surface area contributed by atoms with Crippen molar-refractivity contribution >= 4 is 23.5 Å². The average molecular weight is 497 g/mol. The van der Waals surface area contributed by atoms with E-state index in [0.717, 1.165) is 17.7 Å². The maximum absolute atomic E-state index is 13.5. The molecule has 7 nitrogen and oxygen atoms in total. The summed E-state index contributed by atoms with van der Waals surface area (Å²) in [7, 11) is 1.20. The molecule has 9 heteroatoms. The van der Waals surface area contributed by atoms with E-state index in [0.29, 0.717) is 11.8 Å². The Bertz CT molecular complexity index is 1160. The first-order valence-corrected chi connectivity index (χ1v) is 11.1. The fourth-order valence-corrected chi connectivity index (χ4v) is 3.47. The fourth-order valence-electron chi connectivity index (χ4n) is 3.47. The standard InChI is InChI=1S/C27H26F2N2O5/c1-35-26(33)16-31(23-10-6-3-7-11-23)27(34)24(18-36-17-19-8-4-2-5-9-19)30-25(32)14-20-12-21(28)15-22(29)13-20/h2-13,15,24H,14,16-18H2,1H3,(H,30,32)/t24-/m0/s1. The molecule has 0 bridgehead atoms. The molecule has 36 heavy (non-hydrogen) atoms. The Morgan fingerprint density at radius 3 is 2.11 bits per heavy atom. The van der Waals surface area contributed by atoms with E-state index in [1.165, 1.54) is 12.0 Å². The summed E-state index contributed by atoms with van der Waals surface area (Å²) >= 11 is 0. The monoisotopic (exact) mass is 496 g/mol. The number of benzene rings is 3. The first-order valence-electron chi connectivity index (χ1n) is 11.1. The Morgan fingerprint density at radius 1 is 0.889 bits per heavy atom. The van der Waals surface area contributed by atoms with Gasteiger partial charge >= 0.3 is 5.97 Å². The fraction of sp³-hybridized carbons (Fsp3) is 0.222. The van der Waals surface area contributed by atoms with Crippen LogP contribution in [0.1, 0.15) is 11.1 Å². The molecule has 188 valence electrons. The van der Waals surface area contributed by atoms with E-state index < -0.39 is 35.5 Å². The summed E-state index contributed by atoms with van der Waals surface area (Å²) in [6, 6.07) is 19.3. The van der Waals surface area contributed by atoms with E-state index in [-0.39, 0.29) is 31.7 Å². The van der Waals surface area contributed by atoms with Gasteiger partial charge in [-0.05, 0) is 35.4 Å². The van der Waals surface area contributed by atoms with Gasteiger partial charge in [0, 0.05) is 11.8 Å². The molecule has 2 amide bonds. The summed E-state index contributed by atoms with van der Waals surface area (Å²) in [5.74, 6) is -3.54. The third-order valence-electron chi connectivity index (χ3n) is 5.17. The number of methoxy groups -OCH3 is 1. The normalized spacial score (nSPS) is 11.4. The molecule has 0 saturated heterocycles. The zero-order chi connectivity index (χ0) is 25.9. The Hall–Kier alpha value is -4.11. The maximum atomic E-state index is 13.5. The van der Waals surface area contributed by atoms with Crippen molar-refractivity contribution in [2.45, 2.75) is 19.1 Å². The number of nitrogens with one attached hydrogen (secondary N) is 1. The summed E-state index contributed by atoms with van der Waals surface area (Å²) in [6.07, 6.45) is -0.362. The third-order valence-corrected chi connectivity index (χ3v) is 5.17. The molecular formula is C27H26F2N2O5. The van der Waals surface area contributed by atoms with Gasteiger partial charge < -0.3 is 14.8 Å². The number of nitrogens with zero attached hydrogens (tertiary/aromatic N) is 1. The lowest BCUT2D eigenvalue weighted by Gasteiger charge is -2.27. The van der Waals surface area contributed by atoms with E-state index in [2.05, 4.69) is 5.32 Å². The Labute approximate surface area is 207 Å². The van der Waals surface area contributed by atoms with Crippen molar-refractivity contribution in [1.29, 1.82) is 0 Å². The molecule has 0 radical (unpaired) electrons. The highest BCUT2D eigenvalue weighted by Crippen LogP contribution is 2.16. The SMILES string of the molecule is COC(=O)CN(C(=O)[C@H](COCc1ccccc1)NC(=O)Cc1cc(F)cc(F)c1)c1ccccc1. The second kappa shape index (κ2) is 13.1. The van der Waals surface area contributed by atoms with Crippen LogP contribution in [0.3, 0.4) is 0 Å². The predicted octanol–water partition coefficient (Wildman–Crippen LogP) is 3.42. The topological polar surface area (TPSA) is 84.9 Å². The van der Waals surface area contributed by atoms with Crippen molar-refractivity contribution in [3.05, 3.63) is 102 Å². The molecule has 0 heterocycles. The van der Waals surface area contributed by atoms with Gasteiger partial charge in [0.25, 0.3) is 5.91 Å². The number of anilines is 1. The van der Waals surface area contributed by atoms with Crippen LogP contribution in [-0.2, 0) is 36.9 Å². The number of hydrogen-bond donors (Lipinski definition) is 1. The van der Waals surface area contributed by atoms with Crippen LogP contribution in [0.5, 0.6) is 0 Å². The summed E-state index contributed by atoms with van der Waals surface area (Å²) in [5, 5.41) is 2.58. The van der Waals surface area contributed by atoms with Gasteiger partial charge in [-0.25, -0.2) is 8.78 Å². The van der Waals surface area contributed by atoms with Crippen molar-refractivity contribution in [1.82, 2.24) is 5.32 Å². The van der Waals surface area contributed by atoms with Gasteiger partial charge in [-0.1, -0.05) is 48.5 Å². The van der Waals surface area contributed by atoms with E-state index in [4.69, 9.17) is 9.47 Å². The number of esters is 1. The summed E-state index contributed by atoms with van der Waals surface area (Å²) in [5.41, 5.74) is 1.39. The minimum absolute atomic E-state index is 0.107. The molecule has 1 N–H and O–H groups in total. The number of halogens is 2. The number of hydrogen-bond acceptors (Lipinski definition) is 5. The van der Waals surface area contributed by atoms with Crippen LogP contribution in [0.15, 0.2) is 78.9 Å². The maximum Gasteiger partial charge on any atom is 0.325 e. The molecule has 0 aliphatic rings. The van der Waals surface area contributed by atoms with Crippen molar-refractivity contribution < 1.29 is 32.6 Å². The molecule has 3 rings (SSSR count). The van der Waals surface area contributed by atoms with Gasteiger partial charge in [0.15, 0.2) is 0 Å². The van der Waals surface area contributed by atoms with Gasteiger partial charge in [-0.3, -0.25) is 19.3 Å². The molecule has 0 fully saturated rings. The van der Waals surface area contributed by atoms with Gasteiger partial charge in [0.2, 0.25) is 5.91 Å². The van der Waals surface area contributed by atoms with Crippen LogP contribution in [0.25, 0.3) is 0 Å². The van der Waals surface area contributed by atoms with Crippen molar-refractivity contribution in [2.75, 3.05) is 25.2 Å². The molecule has 0 aliphatic heterocycles. The summed E-state index contributed by atoms with van der Waals surface area (Å²) < 4.78 is 37.5. The van der Waals surface area contributed by atoms with Crippen molar-refractivity contribution in [3.63, 3.8) is 0 Å². The van der Waals surface area contributed by atoms with Gasteiger partial charge in [-0.2, -0.15) is 0 Å². The Morgan fingerprint density at radius 2 is 1.50 bits per heavy atom. The molecule has 0 saturated carbocycles. The lowest BCUT2D eigenvalue weighted by molar-refractivity contribution is -0.140. The molecule has 1 atom stereocenters. The number of para-hydroxylation sites is 1. The number of ether oxygens (including phenoxy) is 2. The highest BCUT2D eigenvalue weighted by atomic mass is 19.1. The van der Waals surface area contributed by atoms with Gasteiger partial charge in [-0.15, -0.1) is 0 Å². The van der Waals surface area contributed by atoms with Crippen LogP contribution in [0.2, 0.25) is 0 Å². The minimum Gasteiger partial charge on any atom is -0.468 e. The number of amides is 2. The smallest absolute Gasteiger partial charge is 0.325 e. The predicted molar refractivity (Wildman–Crippen MR) is 129 cm³/mol. The van der Waals surface area contributed by atoms with Crippen LogP contribution in [0, 0.1) is 11.6 Å². The molecule has 0 spiro atoms. The molecule has 0 unspecified atom stereocenters. The molecule has 3 aromatic carbocycles. The lowest BCUT2D eigenvalue weighted by Crippen LogP contribution is -2.52. The first-order chi connectivity index (χ1) is 17.4. The largest absolute Gasteiger partial charge is 0.468 e. The van der Waals surface area contributed by atoms with E-state index in [1.807, 2.05) is 30.3 Å². The second-order valence-electron chi connectivity index (χ2n) is 7.91. The zero-order valence-corrected chi connectivity index (χ0v) is 19.7. The zero-order valence-electron chi connectivity index (χ0n) is 19.7. The quantitative estimate of drug-likeness (QED) is 0.412. The van der Waals surface area contributed by atoms with Crippen LogP contribution >= 0.6 is 0 Å². The highest BCUT2D eigenvalue weighted by molar-refractivity contribution is 6.02. The molecule has 0 aromatic heterocycles. The van der Waals surface area contributed by atoms with Crippen LogP contribution < -0.4 is 10.2 Å². The lowest BCUT2D eigenvalue weighted by atomic mass is 10.1. The average Bonchev–Trinajstić information content (AvgIpc) is 2.86. The Kier molecular flexibility index (Phi) is 9.64. The van der Waals surface area contributed by atoms with E-state index >= 15 is 0 Å². The third kappa shape index (κ3) is 7.99. The highest BCUT2D eigenvalue weighted by Gasteiger charge is 2.29. The van der Waals surface area contributed by atoms with Crippen molar-refractivity contribution in [3.8, 4) is 0 Å². The van der Waals surface area contributed by atoms with E-state index in [9.17, 15) is 23.2 Å². The van der Waals surface area contributed by atoms with Crippen molar-refractivity contribution in [2.24, 2.45) is 0 Å².